The molecule has 1 N–H and O–H groups in total. The Bertz CT molecular complexity index is 536. The third kappa shape index (κ3) is 5.06. The monoisotopic (exact) mass is 330 g/mol. The quantitative estimate of drug-likeness (QED) is 0.671. The first kappa shape index (κ1) is 16.9. The van der Waals surface area contributed by atoms with Crippen LogP contribution in [0.1, 0.15) is 43.9 Å². The van der Waals surface area contributed by atoms with E-state index in [9.17, 15) is 8.42 Å². The van der Waals surface area contributed by atoms with Crippen molar-refractivity contribution in [3.8, 4) is 0 Å². The molecule has 0 amide bonds. The lowest BCUT2D eigenvalue weighted by Crippen LogP contribution is -2.27. The minimum absolute atomic E-state index is 0.475. The summed E-state index contributed by atoms with van der Waals surface area (Å²) < 4.78 is 26.9. The molecule has 0 unspecified atom stereocenters. The highest BCUT2D eigenvalue weighted by molar-refractivity contribution is 7.91. The van der Waals surface area contributed by atoms with E-state index in [0.29, 0.717) is 16.8 Å². The normalized spacial score (nSPS) is 15.8. The second kappa shape index (κ2) is 7.72. The van der Waals surface area contributed by atoms with Gasteiger partial charge in [-0.05, 0) is 37.8 Å². The highest BCUT2D eigenvalue weighted by Crippen LogP contribution is 2.25. The maximum atomic E-state index is 12.5. The summed E-state index contributed by atoms with van der Waals surface area (Å²) in [5, 5.41) is 3.46. The molecule has 0 spiro atoms. The van der Waals surface area contributed by atoms with E-state index in [1.807, 2.05) is 6.07 Å². The van der Waals surface area contributed by atoms with Gasteiger partial charge in [0.2, 0.25) is 0 Å². The van der Waals surface area contributed by atoms with E-state index in [0.717, 1.165) is 37.1 Å². The Morgan fingerprint density at radius 3 is 2.76 bits per heavy atom. The molecule has 1 aromatic heterocycles. The molecular weight excluding hydrogens is 304 g/mol. The molecule has 1 aromatic rings. The average molecular weight is 331 g/mol. The Balaban J connectivity index is 1.87. The van der Waals surface area contributed by atoms with Crippen molar-refractivity contribution in [3.63, 3.8) is 0 Å². The molecule has 1 aliphatic rings. The number of nitrogens with one attached hydrogen (secondary N) is 1. The van der Waals surface area contributed by atoms with E-state index in [2.05, 4.69) is 12.2 Å². The maximum Gasteiger partial charge on any atom is 0.252 e. The van der Waals surface area contributed by atoms with Gasteiger partial charge in [0.15, 0.2) is 0 Å². The fraction of sp³-hybridized carbons (Fsp3) is 0.733. The van der Waals surface area contributed by atoms with E-state index < -0.39 is 10.0 Å². The van der Waals surface area contributed by atoms with Crippen molar-refractivity contribution in [2.75, 3.05) is 20.1 Å². The lowest BCUT2D eigenvalue weighted by molar-refractivity contribution is 0.456. The molecule has 6 heteroatoms. The first-order valence-electron chi connectivity index (χ1n) is 7.82. The van der Waals surface area contributed by atoms with Gasteiger partial charge in [-0.15, -0.1) is 11.3 Å². The number of nitrogens with zero attached hydrogens (tertiary/aromatic N) is 1. The molecule has 0 aliphatic heterocycles. The van der Waals surface area contributed by atoms with Crippen molar-refractivity contribution in [3.05, 3.63) is 17.0 Å². The lowest BCUT2D eigenvalue weighted by Gasteiger charge is -2.15. The molecule has 0 atom stereocenters. The fourth-order valence-electron chi connectivity index (χ4n) is 2.18. The standard InChI is InChI=1S/C15H26N2O2S2/c1-3-4-5-12-17(2)21(18,19)15-9-8-14(20-15)10-11-16-13-6-7-13/h8-9,13,16H,3-7,10-12H2,1-2H3. The van der Waals surface area contributed by atoms with Crippen LogP contribution in [0.4, 0.5) is 0 Å². The number of unbranched alkanes of at least 4 members (excludes halogenated alkanes) is 2. The summed E-state index contributed by atoms with van der Waals surface area (Å²) in [5.74, 6) is 0. The van der Waals surface area contributed by atoms with Crippen LogP contribution in [0.3, 0.4) is 0 Å². The predicted octanol–water partition coefficient (Wildman–Crippen LogP) is 2.85. The number of hydrogen-bond donors (Lipinski definition) is 1. The molecule has 2 rings (SSSR count). The van der Waals surface area contributed by atoms with Gasteiger partial charge in [0.05, 0.1) is 0 Å². The second-order valence-corrected chi connectivity index (χ2v) is 9.17. The summed E-state index contributed by atoms with van der Waals surface area (Å²) in [5.41, 5.74) is 0. The predicted molar refractivity (Wildman–Crippen MR) is 88.4 cm³/mol. The molecule has 21 heavy (non-hydrogen) atoms. The van der Waals surface area contributed by atoms with Gasteiger partial charge in [0.1, 0.15) is 4.21 Å². The van der Waals surface area contributed by atoms with Crippen molar-refractivity contribution in [1.82, 2.24) is 9.62 Å². The van der Waals surface area contributed by atoms with Crippen LogP contribution in [0.5, 0.6) is 0 Å². The number of sulfonamides is 1. The molecule has 1 heterocycles. The summed E-state index contributed by atoms with van der Waals surface area (Å²) in [6.45, 7) is 3.67. The molecule has 1 fully saturated rings. The minimum Gasteiger partial charge on any atom is -0.314 e. The van der Waals surface area contributed by atoms with Gasteiger partial charge < -0.3 is 5.32 Å². The van der Waals surface area contributed by atoms with Crippen molar-refractivity contribution in [2.24, 2.45) is 0 Å². The van der Waals surface area contributed by atoms with Crippen molar-refractivity contribution in [1.29, 1.82) is 0 Å². The summed E-state index contributed by atoms with van der Waals surface area (Å²) in [6.07, 6.45) is 6.58. The lowest BCUT2D eigenvalue weighted by atomic mass is 10.2. The Labute approximate surface area is 132 Å². The van der Waals surface area contributed by atoms with Gasteiger partial charge in [-0.2, -0.15) is 0 Å². The van der Waals surface area contributed by atoms with Crippen LogP contribution < -0.4 is 5.32 Å². The van der Waals surface area contributed by atoms with Gasteiger partial charge in [0, 0.05) is 31.1 Å². The van der Waals surface area contributed by atoms with Crippen LogP contribution in [0.25, 0.3) is 0 Å². The highest BCUT2D eigenvalue weighted by Gasteiger charge is 2.23. The van der Waals surface area contributed by atoms with Gasteiger partial charge in [0.25, 0.3) is 10.0 Å². The van der Waals surface area contributed by atoms with E-state index in [1.54, 1.807) is 13.1 Å². The zero-order valence-electron chi connectivity index (χ0n) is 13.0. The van der Waals surface area contributed by atoms with Crippen LogP contribution in [0, 0.1) is 0 Å². The van der Waals surface area contributed by atoms with Gasteiger partial charge in [-0.3, -0.25) is 0 Å². The Hall–Kier alpha value is -0.430. The molecule has 120 valence electrons. The third-order valence-corrected chi connectivity index (χ3v) is 7.23. The fourth-order valence-corrected chi connectivity index (χ4v) is 4.95. The molecule has 0 aromatic carbocycles. The molecular formula is C15H26N2O2S2. The largest absolute Gasteiger partial charge is 0.314 e. The van der Waals surface area contributed by atoms with Crippen LogP contribution in [-0.2, 0) is 16.4 Å². The highest BCUT2D eigenvalue weighted by atomic mass is 32.2. The van der Waals surface area contributed by atoms with E-state index in [1.165, 1.54) is 28.5 Å². The van der Waals surface area contributed by atoms with Crippen molar-refractivity contribution >= 4 is 21.4 Å². The zero-order valence-corrected chi connectivity index (χ0v) is 14.6. The van der Waals surface area contributed by atoms with Crippen molar-refractivity contribution in [2.45, 2.75) is 55.7 Å². The molecule has 0 bridgehead atoms. The van der Waals surface area contributed by atoms with E-state index in [4.69, 9.17) is 0 Å². The summed E-state index contributed by atoms with van der Waals surface area (Å²) in [7, 11) is -1.62. The summed E-state index contributed by atoms with van der Waals surface area (Å²) in [4.78, 5) is 1.14. The first-order chi connectivity index (χ1) is 10.0. The van der Waals surface area contributed by atoms with Gasteiger partial charge >= 0.3 is 0 Å². The van der Waals surface area contributed by atoms with Gasteiger partial charge in [-0.25, -0.2) is 12.7 Å². The van der Waals surface area contributed by atoms with E-state index in [-0.39, 0.29) is 0 Å². The summed E-state index contributed by atoms with van der Waals surface area (Å²) >= 11 is 1.41. The molecule has 0 saturated heterocycles. The third-order valence-electron chi connectivity index (χ3n) is 3.76. The second-order valence-electron chi connectivity index (χ2n) is 5.73. The van der Waals surface area contributed by atoms with Crippen LogP contribution in [0.15, 0.2) is 16.3 Å². The average Bonchev–Trinajstić information content (AvgIpc) is 3.14. The first-order valence-corrected chi connectivity index (χ1v) is 10.1. The Morgan fingerprint density at radius 1 is 1.33 bits per heavy atom. The smallest absolute Gasteiger partial charge is 0.252 e. The molecule has 4 nitrogen and oxygen atoms in total. The van der Waals surface area contributed by atoms with Crippen LogP contribution in [-0.4, -0.2) is 38.9 Å². The van der Waals surface area contributed by atoms with Crippen LogP contribution in [0.2, 0.25) is 0 Å². The van der Waals surface area contributed by atoms with Gasteiger partial charge in [-0.1, -0.05) is 19.8 Å². The van der Waals surface area contributed by atoms with Crippen LogP contribution >= 0.6 is 11.3 Å². The molecule has 1 aliphatic carbocycles. The molecule has 1 saturated carbocycles. The number of thiophene rings is 1. The number of hydrogen-bond acceptors (Lipinski definition) is 4. The Morgan fingerprint density at radius 2 is 2.10 bits per heavy atom. The molecule has 0 radical (unpaired) electrons. The minimum atomic E-state index is -3.30. The topological polar surface area (TPSA) is 49.4 Å². The summed E-state index contributed by atoms with van der Waals surface area (Å²) in [6, 6.07) is 4.41. The van der Waals surface area contributed by atoms with Crippen molar-refractivity contribution < 1.29 is 8.42 Å². The van der Waals surface area contributed by atoms with E-state index >= 15 is 0 Å². The SMILES string of the molecule is CCCCCN(C)S(=O)(=O)c1ccc(CCNC2CC2)s1. The maximum absolute atomic E-state index is 12.5. The zero-order chi connectivity index (χ0) is 15.3. The Kier molecular flexibility index (Phi) is 6.22. The number of rotatable bonds is 10.